The lowest BCUT2D eigenvalue weighted by Gasteiger charge is -2.06. The fraction of sp³-hybridized carbons (Fsp3) is 0.667. The maximum absolute atomic E-state index is 8.68. The largest absolute Gasteiger partial charge is 0.396 e. The summed E-state index contributed by atoms with van der Waals surface area (Å²) in [6.45, 7) is 4.90. The highest BCUT2D eigenvalue weighted by Crippen LogP contribution is 1.98. The number of aliphatic hydroxyl groups is 1. The molecule has 1 heterocycles. The number of imidazole rings is 1. The Morgan fingerprint density at radius 1 is 1.62 bits per heavy atom. The van der Waals surface area contributed by atoms with Crippen LogP contribution in [0.2, 0.25) is 0 Å². The number of hydrogen-bond donors (Lipinski definition) is 2. The zero-order chi connectivity index (χ0) is 9.52. The summed E-state index contributed by atoms with van der Waals surface area (Å²) < 4.78 is 2.07. The topological polar surface area (TPSA) is 50.1 Å². The van der Waals surface area contributed by atoms with E-state index >= 15 is 0 Å². The van der Waals surface area contributed by atoms with Crippen LogP contribution in [0.5, 0.6) is 0 Å². The fourth-order valence-electron chi connectivity index (χ4n) is 1.19. The molecule has 0 saturated heterocycles. The monoisotopic (exact) mass is 183 g/mol. The van der Waals surface area contributed by atoms with Crippen molar-refractivity contribution in [3.05, 3.63) is 18.2 Å². The standard InChI is InChI=1S/C9H17N3O/c1-2-10-8-9-11-4-6-12(9)5-3-7-13/h4,6,10,13H,2-3,5,7-8H2,1H3. The van der Waals surface area contributed by atoms with Gasteiger partial charge in [-0.15, -0.1) is 0 Å². The number of aromatic nitrogens is 2. The summed E-state index contributed by atoms with van der Waals surface area (Å²) in [5.74, 6) is 1.04. The third-order valence-corrected chi connectivity index (χ3v) is 1.89. The zero-order valence-corrected chi connectivity index (χ0v) is 8.03. The van der Waals surface area contributed by atoms with E-state index in [2.05, 4.69) is 21.8 Å². The van der Waals surface area contributed by atoms with Crippen molar-refractivity contribution in [2.24, 2.45) is 0 Å². The van der Waals surface area contributed by atoms with Gasteiger partial charge in [0.2, 0.25) is 0 Å². The van der Waals surface area contributed by atoms with Gasteiger partial charge in [-0.05, 0) is 13.0 Å². The summed E-state index contributed by atoms with van der Waals surface area (Å²) >= 11 is 0. The molecule has 1 aromatic heterocycles. The summed E-state index contributed by atoms with van der Waals surface area (Å²) in [5.41, 5.74) is 0. The molecule has 0 atom stereocenters. The molecule has 0 unspecified atom stereocenters. The molecule has 0 aliphatic heterocycles. The summed E-state index contributed by atoms with van der Waals surface area (Å²) in [6.07, 6.45) is 4.53. The molecule has 0 aromatic carbocycles. The highest BCUT2D eigenvalue weighted by molar-refractivity contribution is 4.91. The lowest BCUT2D eigenvalue weighted by Crippen LogP contribution is -2.16. The Hall–Kier alpha value is -0.870. The number of rotatable bonds is 6. The first-order chi connectivity index (χ1) is 6.38. The van der Waals surface area contributed by atoms with Crippen LogP contribution >= 0.6 is 0 Å². The predicted octanol–water partition coefficient (Wildman–Crippen LogP) is 0.375. The SMILES string of the molecule is CCNCc1nccn1CCCO. The second-order valence-electron chi connectivity index (χ2n) is 2.89. The van der Waals surface area contributed by atoms with Crippen LogP contribution in [0.1, 0.15) is 19.2 Å². The average molecular weight is 183 g/mol. The highest BCUT2D eigenvalue weighted by Gasteiger charge is 2.00. The van der Waals surface area contributed by atoms with E-state index in [0.29, 0.717) is 0 Å². The van der Waals surface area contributed by atoms with E-state index in [1.807, 2.05) is 6.20 Å². The number of nitrogens with one attached hydrogen (secondary N) is 1. The summed E-state index contributed by atoms with van der Waals surface area (Å²) in [7, 11) is 0. The molecule has 0 aliphatic rings. The zero-order valence-electron chi connectivity index (χ0n) is 8.03. The Morgan fingerprint density at radius 2 is 2.46 bits per heavy atom. The Balaban J connectivity index is 2.45. The Morgan fingerprint density at radius 3 is 3.15 bits per heavy atom. The van der Waals surface area contributed by atoms with Gasteiger partial charge in [-0.3, -0.25) is 0 Å². The van der Waals surface area contributed by atoms with Gasteiger partial charge < -0.3 is 15.0 Å². The number of nitrogens with zero attached hydrogens (tertiary/aromatic N) is 2. The molecule has 0 spiro atoms. The van der Waals surface area contributed by atoms with Crippen molar-refractivity contribution in [3.8, 4) is 0 Å². The Kier molecular flexibility index (Phi) is 4.49. The molecule has 0 aliphatic carbocycles. The van der Waals surface area contributed by atoms with E-state index in [0.717, 1.165) is 31.9 Å². The Bertz CT molecular complexity index is 212. The van der Waals surface area contributed by atoms with Gasteiger partial charge in [-0.2, -0.15) is 0 Å². The molecule has 0 radical (unpaired) electrons. The van der Waals surface area contributed by atoms with Gasteiger partial charge >= 0.3 is 0 Å². The van der Waals surface area contributed by atoms with Crippen molar-refractivity contribution in [2.45, 2.75) is 26.4 Å². The molecule has 4 heteroatoms. The average Bonchev–Trinajstić information content (AvgIpc) is 2.59. The van der Waals surface area contributed by atoms with Gasteiger partial charge in [-0.1, -0.05) is 6.92 Å². The molecule has 0 amide bonds. The van der Waals surface area contributed by atoms with Crippen LogP contribution in [0.3, 0.4) is 0 Å². The minimum Gasteiger partial charge on any atom is -0.396 e. The van der Waals surface area contributed by atoms with E-state index < -0.39 is 0 Å². The van der Waals surface area contributed by atoms with Crippen molar-refractivity contribution in [1.29, 1.82) is 0 Å². The van der Waals surface area contributed by atoms with Gasteiger partial charge in [0.15, 0.2) is 0 Å². The maximum Gasteiger partial charge on any atom is 0.122 e. The van der Waals surface area contributed by atoms with E-state index in [-0.39, 0.29) is 6.61 Å². The molecule has 1 rings (SSSR count). The van der Waals surface area contributed by atoms with Gasteiger partial charge in [0, 0.05) is 25.5 Å². The quantitative estimate of drug-likeness (QED) is 0.670. The molecular formula is C9H17N3O. The van der Waals surface area contributed by atoms with Crippen LogP contribution < -0.4 is 5.32 Å². The minimum absolute atomic E-state index is 0.235. The number of aryl methyl sites for hydroxylation is 1. The molecule has 74 valence electrons. The molecule has 13 heavy (non-hydrogen) atoms. The Labute approximate surface area is 78.6 Å². The van der Waals surface area contributed by atoms with Gasteiger partial charge in [-0.25, -0.2) is 4.98 Å². The minimum atomic E-state index is 0.235. The summed E-state index contributed by atoms with van der Waals surface area (Å²) in [6, 6.07) is 0. The highest BCUT2D eigenvalue weighted by atomic mass is 16.3. The summed E-state index contributed by atoms with van der Waals surface area (Å²) in [5, 5.41) is 11.9. The molecule has 0 fully saturated rings. The molecule has 0 bridgehead atoms. The second kappa shape index (κ2) is 5.72. The first-order valence-corrected chi connectivity index (χ1v) is 4.70. The molecule has 0 saturated carbocycles. The lowest BCUT2D eigenvalue weighted by atomic mass is 10.4. The van der Waals surface area contributed by atoms with Crippen molar-refractivity contribution in [3.63, 3.8) is 0 Å². The van der Waals surface area contributed by atoms with Crippen molar-refractivity contribution in [2.75, 3.05) is 13.2 Å². The lowest BCUT2D eigenvalue weighted by molar-refractivity contribution is 0.279. The molecule has 2 N–H and O–H groups in total. The van der Waals surface area contributed by atoms with Crippen LogP contribution in [0, 0.1) is 0 Å². The molecule has 4 nitrogen and oxygen atoms in total. The number of aliphatic hydroxyl groups excluding tert-OH is 1. The van der Waals surface area contributed by atoms with Gasteiger partial charge in [0.05, 0.1) is 6.54 Å². The fourth-order valence-corrected chi connectivity index (χ4v) is 1.19. The van der Waals surface area contributed by atoms with Crippen molar-refractivity contribution >= 4 is 0 Å². The molecule has 1 aromatic rings. The molecular weight excluding hydrogens is 166 g/mol. The van der Waals surface area contributed by atoms with Gasteiger partial charge in [0.1, 0.15) is 5.82 Å². The third kappa shape index (κ3) is 3.16. The first-order valence-electron chi connectivity index (χ1n) is 4.70. The van der Waals surface area contributed by atoms with Crippen LogP contribution in [-0.2, 0) is 13.1 Å². The van der Waals surface area contributed by atoms with Crippen LogP contribution in [0.4, 0.5) is 0 Å². The smallest absolute Gasteiger partial charge is 0.122 e. The normalized spacial score (nSPS) is 10.6. The van der Waals surface area contributed by atoms with Crippen LogP contribution in [-0.4, -0.2) is 27.8 Å². The predicted molar refractivity (Wildman–Crippen MR) is 51.3 cm³/mol. The first kappa shape index (κ1) is 10.2. The number of hydrogen-bond acceptors (Lipinski definition) is 3. The summed E-state index contributed by atoms with van der Waals surface area (Å²) in [4.78, 5) is 4.23. The van der Waals surface area contributed by atoms with Crippen molar-refractivity contribution < 1.29 is 5.11 Å². The second-order valence-corrected chi connectivity index (χ2v) is 2.89. The van der Waals surface area contributed by atoms with Crippen LogP contribution in [0.15, 0.2) is 12.4 Å². The third-order valence-electron chi connectivity index (χ3n) is 1.89. The van der Waals surface area contributed by atoms with Gasteiger partial charge in [0.25, 0.3) is 0 Å². The van der Waals surface area contributed by atoms with E-state index in [1.165, 1.54) is 0 Å². The van der Waals surface area contributed by atoms with E-state index in [1.54, 1.807) is 6.20 Å². The van der Waals surface area contributed by atoms with E-state index in [9.17, 15) is 0 Å². The van der Waals surface area contributed by atoms with Crippen LogP contribution in [0.25, 0.3) is 0 Å². The van der Waals surface area contributed by atoms with Crippen molar-refractivity contribution in [1.82, 2.24) is 14.9 Å². The van der Waals surface area contributed by atoms with E-state index in [4.69, 9.17) is 5.11 Å². The maximum atomic E-state index is 8.68.